The number of hydrogen-bond donors (Lipinski definition) is 0. The lowest BCUT2D eigenvalue weighted by atomic mass is 10.0. The lowest BCUT2D eigenvalue weighted by Crippen LogP contribution is -2.01. The van der Waals surface area contributed by atoms with Gasteiger partial charge in [0.1, 0.15) is 0 Å². The van der Waals surface area contributed by atoms with Crippen molar-refractivity contribution in [3.8, 4) is 0 Å². The van der Waals surface area contributed by atoms with E-state index in [0.29, 0.717) is 12.8 Å². The Morgan fingerprint density at radius 2 is 1.29 bits per heavy atom. The number of hydrogen-bond acceptors (Lipinski definition) is 2. The first-order valence-corrected chi connectivity index (χ1v) is 6.19. The SMILES string of the molecule is O=C(I)Cc1ccccc1CC(=O)I. The molecule has 14 heavy (non-hydrogen) atoms. The molecule has 4 heteroatoms. The van der Waals surface area contributed by atoms with Gasteiger partial charge in [0.25, 0.3) is 0 Å². The molecule has 0 saturated heterocycles. The summed E-state index contributed by atoms with van der Waals surface area (Å²) < 4.78 is 0.187. The second kappa shape index (κ2) is 5.79. The molecule has 0 bridgehead atoms. The molecule has 0 aromatic heterocycles. The van der Waals surface area contributed by atoms with E-state index in [0.717, 1.165) is 11.1 Å². The van der Waals surface area contributed by atoms with Gasteiger partial charge in [0.2, 0.25) is 0 Å². The number of rotatable bonds is 4. The zero-order valence-electron chi connectivity index (χ0n) is 7.30. The van der Waals surface area contributed by atoms with Crippen LogP contribution in [0.2, 0.25) is 0 Å². The van der Waals surface area contributed by atoms with Crippen LogP contribution in [-0.4, -0.2) is 7.58 Å². The topological polar surface area (TPSA) is 34.1 Å². The van der Waals surface area contributed by atoms with Gasteiger partial charge < -0.3 is 0 Å². The fraction of sp³-hybridized carbons (Fsp3) is 0.200. The van der Waals surface area contributed by atoms with Crippen molar-refractivity contribution in [3.63, 3.8) is 0 Å². The minimum Gasteiger partial charge on any atom is -0.287 e. The van der Waals surface area contributed by atoms with E-state index in [1.165, 1.54) is 0 Å². The molecule has 0 heterocycles. The predicted octanol–water partition coefficient (Wildman–Crippen LogP) is 2.69. The highest BCUT2D eigenvalue weighted by atomic mass is 127. The highest BCUT2D eigenvalue weighted by molar-refractivity contribution is 14.1. The number of benzene rings is 1. The molecule has 0 aliphatic heterocycles. The molecule has 0 spiro atoms. The summed E-state index contributed by atoms with van der Waals surface area (Å²) in [6.45, 7) is 0. The van der Waals surface area contributed by atoms with E-state index in [1.807, 2.05) is 24.3 Å². The van der Waals surface area contributed by atoms with Gasteiger partial charge >= 0.3 is 0 Å². The molecule has 0 radical (unpaired) electrons. The molecule has 0 fully saturated rings. The number of halogens is 2. The van der Waals surface area contributed by atoms with Crippen molar-refractivity contribution in [2.24, 2.45) is 0 Å². The fourth-order valence-corrected chi connectivity index (χ4v) is 2.02. The molecule has 0 aliphatic carbocycles. The van der Waals surface area contributed by atoms with E-state index in [-0.39, 0.29) is 7.58 Å². The monoisotopic (exact) mass is 414 g/mol. The maximum absolute atomic E-state index is 11.0. The predicted molar refractivity (Wildman–Crippen MR) is 71.9 cm³/mol. The van der Waals surface area contributed by atoms with Crippen LogP contribution >= 0.6 is 45.2 Å². The lowest BCUT2D eigenvalue weighted by Gasteiger charge is -2.04. The van der Waals surface area contributed by atoms with Gasteiger partial charge in [-0.2, -0.15) is 0 Å². The van der Waals surface area contributed by atoms with Crippen molar-refractivity contribution in [1.82, 2.24) is 0 Å². The highest BCUT2D eigenvalue weighted by Crippen LogP contribution is 2.13. The van der Waals surface area contributed by atoms with Gasteiger partial charge in [0.15, 0.2) is 7.58 Å². The Balaban J connectivity index is 2.90. The third-order valence-corrected chi connectivity index (χ3v) is 2.54. The first kappa shape index (κ1) is 12.1. The summed E-state index contributed by atoms with van der Waals surface area (Å²) in [5, 5.41) is 0. The molecule has 0 atom stereocenters. The van der Waals surface area contributed by atoms with Gasteiger partial charge in [0, 0.05) is 12.8 Å². The van der Waals surface area contributed by atoms with Gasteiger partial charge in [-0.25, -0.2) is 0 Å². The summed E-state index contributed by atoms with van der Waals surface area (Å²) in [4.78, 5) is 21.9. The minimum atomic E-state index is 0.0935. The minimum absolute atomic E-state index is 0.0935. The second-order valence-electron chi connectivity index (χ2n) is 2.83. The van der Waals surface area contributed by atoms with Gasteiger partial charge in [-0.15, -0.1) is 0 Å². The van der Waals surface area contributed by atoms with E-state index in [1.54, 1.807) is 45.2 Å². The van der Waals surface area contributed by atoms with Crippen molar-refractivity contribution in [2.75, 3.05) is 0 Å². The van der Waals surface area contributed by atoms with Crippen LogP contribution in [0.1, 0.15) is 11.1 Å². The second-order valence-corrected chi connectivity index (χ2v) is 5.24. The fourth-order valence-electron chi connectivity index (χ4n) is 1.20. The first-order chi connectivity index (χ1) is 6.59. The quantitative estimate of drug-likeness (QED) is 0.561. The maximum atomic E-state index is 11.0. The van der Waals surface area contributed by atoms with Crippen LogP contribution in [-0.2, 0) is 22.4 Å². The summed E-state index contributed by atoms with van der Waals surface area (Å²) in [7, 11) is 0. The normalized spacial score (nSPS) is 9.86. The summed E-state index contributed by atoms with van der Waals surface area (Å²) in [6.07, 6.45) is 0.807. The van der Waals surface area contributed by atoms with Crippen molar-refractivity contribution < 1.29 is 9.59 Å². The standard InChI is InChI=1S/C10H8I2O2/c11-9(13)5-7-3-1-2-4-8(7)6-10(12)14/h1-4H,5-6H2. The van der Waals surface area contributed by atoms with Crippen molar-refractivity contribution in [3.05, 3.63) is 35.4 Å². The Kier molecular flexibility index (Phi) is 5.00. The largest absolute Gasteiger partial charge is 0.287 e. The molecule has 0 N–H and O–H groups in total. The van der Waals surface area contributed by atoms with Crippen molar-refractivity contribution >= 4 is 52.8 Å². The highest BCUT2D eigenvalue weighted by Gasteiger charge is 2.07. The molecule has 1 aromatic rings. The molecule has 2 nitrogen and oxygen atoms in total. The molecule has 1 rings (SSSR count). The smallest absolute Gasteiger partial charge is 0.196 e. The molecule has 0 amide bonds. The summed E-state index contributed by atoms with van der Waals surface area (Å²) in [6, 6.07) is 7.56. The van der Waals surface area contributed by atoms with Crippen LogP contribution in [0.4, 0.5) is 0 Å². The van der Waals surface area contributed by atoms with Gasteiger partial charge in [-0.1, -0.05) is 24.3 Å². The Labute approximate surface area is 110 Å². The van der Waals surface area contributed by atoms with E-state index in [2.05, 4.69) is 0 Å². The van der Waals surface area contributed by atoms with Crippen LogP contribution in [0.5, 0.6) is 0 Å². The average molecular weight is 414 g/mol. The maximum Gasteiger partial charge on any atom is 0.196 e. The first-order valence-electron chi connectivity index (χ1n) is 4.03. The number of carbonyl (C=O) groups excluding carboxylic acids is 2. The lowest BCUT2D eigenvalue weighted by molar-refractivity contribution is -0.110. The summed E-state index contributed by atoms with van der Waals surface area (Å²) in [5.74, 6) is 0. The average Bonchev–Trinajstić information content (AvgIpc) is 2.06. The van der Waals surface area contributed by atoms with Crippen LogP contribution in [0.3, 0.4) is 0 Å². The van der Waals surface area contributed by atoms with Gasteiger partial charge in [-0.05, 0) is 56.3 Å². The van der Waals surface area contributed by atoms with E-state index in [4.69, 9.17) is 0 Å². The zero-order chi connectivity index (χ0) is 10.6. The molecular weight excluding hydrogens is 406 g/mol. The molecule has 0 saturated carbocycles. The van der Waals surface area contributed by atoms with E-state index in [9.17, 15) is 9.59 Å². The van der Waals surface area contributed by atoms with Crippen LogP contribution in [0.15, 0.2) is 24.3 Å². The van der Waals surface area contributed by atoms with Crippen molar-refractivity contribution in [1.29, 1.82) is 0 Å². The van der Waals surface area contributed by atoms with Crippen LogP contribution in [0.25, 0.3) is 0 Å². The third kappa shape index (κ3) is 4.04. The van der Waals surface area contributed by atoms with E-state index >= 15 is 0 Å². The number of carbonyl (C=O) groups is 2. The van der Waals surface area contributed by atoms with Gasteiger partial charge in [0.05, 0.1) is 0 Å². The molecule has 1 aromatic carbocycles. The third-order valence-electron chi connectivity index (χ3n) is 1.78. The summed E-state index contributed by atoms with van der Waals surface area (Å²) >= 11 is 3.54. The van der Waals surface area contributed by atoms with Gasteiger partial charge in [-0.3, -0.25) is 9.59 Å². The van der Waals surface area contributed by atoms with Crippen LogP contribution < -0.4 is 0 Å². The molecule has 0 aliphatic rings. The van der Waals surface area contributed by atoms with Crippen molar-refractivity contribution in [2.45, 2.75) is 12.8 Å². The zero-order valence-corrected chi connectivity index (χ0v) is 11.6. The van der Waals surface area contributed by atoms with E-state index < -0.39 is 0 Å². The molecule has 74 valence electrons. The summed E-state index contributed by atoms with van der Waals surface area (Å²) in [5.41, 5.74) is 1.91. The Hall–Kier alpha value is 0.0200. The Morgan fingerprint density at radius 3 is 1.57 bits per heavy atom. The Bertz CT molecular complexity index is 326. The Morgan fingerprint density at radius 1 is 0.929 bits per heavy atom. The van der Waals surface area contributed by atoms with Crippen LogP contribution in [0, 0.1) is 0 Å². The molecular formula is C10H8I2O2. The molecule has 0 unspecified atom stereocenters.